The topological polar surface area (TPSA) is 30.9 Å². The van der Waals surface area contributed by atoms with Gasteiger partial charge in [0.25, 0.3) is 0 Å². The number of hydrogen-bond acceptors (Lipinski definition) is 1. The summed E-state index contributed by atoms with van der Waals surface area (Å²) in [4.78, 5) is 0. The second-order valence-corrected chi connectivity index (χ2v) is 4.70. The molecule has 0 amide bonds. The lowest BCUT2D eigenvalue weighted by atomic mass is 10.0. The van der Waals surface area contributed by atoms with E-state index >= 15 is 0 Å². The normalized spacial score (nSPS) is 12.1. The van der Waals surface area contributed by atoms with E-state index in [1.165, 1.54) is 12.1 Å². The summed E-state index contributed by atoms with van der Waals surface area (Å²) in [5, 5.41) is 0. The van der Waals surface area contributed by atoms with Gasteiger partial charge in [0.15, 0.2) is 0 Å². The fraction of sp³-hybridized carbons (Fsp3) is 0.286. The fourth-order valence-corrected chi connectivity index (χ4v) is 2.07. The maximum atomic E-state index is 13.0. The van der Waals surface area contributed by atoms with Crippen LogP contribution in [-0.2, 0) is 6.18 Å². The molecule has 1 aromatic heterocycles. The van der Waals surface area contributed by atoms with Gasteiger partial charge < -0.3 is 10.3 Å². The van der Waals surface area contributed by atoms with Crippen LogP contribution in [0.4, 0.5) is 19.0 Å². The molecule has 0 spiro atoms. The zero-order valence-corrected chi connectivity index (χ0v) is 10.7. The minimum Gasteiger partial charge on any atom is -0.385 e. The quantitative estimate of drug-likeness (QED) is 0.863. The smallest absolute Gasteiger partial charge is 0.385 e. The van der Waals surface area contributed by atoms with Crippen molar-refractivity contribution in [1.82, 2.24) is 4.57 Å². The number of hydrogen-bond donors (Lipinski definition) is 1. The van der Waals surface area contributed by atoms with Gasteiger partial charge in [-0.2, -0.15) is 13.2 Å². The molecule has 2 rings (SSSR count). The van der Waals surface area contributed by atoms with Crippen molar-refractivity contribution < 1.29 is 13.2 Å². The highest BCUT2D eigenvalue weighted by Crippen LogP contribution is 2.38. The molecule has 0 radical (unpaired) electrons. The molecule has 2 nitrogen and oxygen atoms in total. The van der Waals surface area contributed by atoms with E-state index in [1.54, 1.807) is 22.9 Å². The number of benzene rings is 1. The minimum absolute atomic E-state index is 0.104. The van der Waals surface area contributed by atoms with Gasteiger partial charge in [0.1, 0.15) is 5.82 Å². The third kappa shape index (κ3) is 2.59. The predicted octanol–water partition coefficient (Wildman–Crippen LogP) is 4.34. The SMILES string of the molecule is CC(C)n1cc(-c2ccccc2C(F)(F)F)cc1N. The molecule has 0 saturated carbocycles. The molecule has 5 heteroatoms. The number of halogens is 3. The van der Waals surface area contributed by atoms with Gasteiger partial charge in [-0.3, -0.25) is 0 Å². The first-order chi connectivity index (χ1) is 8.80. The molecule has 0 aliphatic rings. The Hall–Kier alpha value is -1.91. The molecule has 2 aromatic rings. The molecule has 2 N–H and O–H groups in total. The number of alkyl halides is 3. The van der Waals surface area contributed by atoms with Gasteiger partial charge in [0.2, 0.25) is 0 Å². The predicted molar refractivity (Wildman–Crippen MR) is 69.7 cm³/mol. The number of nitrogens with two attached hydrogens (primary N) is 1. The van der Waals surface area contributed by atoms with E-state index in [-0.39, 0.29) is 11.6 Å². The second-order valence-electron chi connectivity index (χ2n) is 4.70. The number of anilines is 1. The van der Waals surface area contributed by atoms with E-state index in [0.29, 0.717) is 11.4 Å². The Labute approximate surface area is 109 Å². The summed E-state index contributed by atoms with van der Waals surface area (Å²) >= 11 is 0. The first-order valence-electron chi connectivity index (χ1n) is 5.94. The van der Waals surface area contributed by atoms with Crippen LogP contribution in [0, 0.1) is 0 Å². The van der Waals surface area contributed by atoms with Crippen molar-refractivity contribution in [3.8, 4) is 11.1 Å². The zero-order valence-electron chi connectivity index (χ0n) is 10.7. The molecular formula is C14H15F3N2. The van der Waals surface area contributed by atoms with Crippen molar-refractivity contribution in [1.29, 1.82) is 0 Å². The van der Waals surface area contributed by atoms with Crippen LogP contribution < -0.4 is 5.73 Å². The number of rotatable bonds is 2. The van der Waals surface area contributed by atoms with Crippen LogP contribution in [0.15, 0.2) is 36.5 Å². The summed E-state index contributed by atoms with van der Waals surface area (Å²) < 4.78 is 40.6. The largest absolute Gasteiger partial charge is 0.417 e. The summed E-state index contributed by atoms with van der Waals surface area (Å²) in [6, 6.07) is 7.19. The summed E-state index contributed by atoms with van der Waals surface area (Å²) in [7, 11) is 0. The van der Waals surface area contributed by atoms with Crippen LogP contribution >= 0.6 is 0 Å². The van der Waals surface area contributed by atoms with Crippen LogP contribution in [-0.4, -0.2) is 4.57 Å². The van der Waals surface area contributed by atoms with Gasteiger partial charge in [-0.15, -0.1) is 0 Å². The first-order valence-corrected chi connectivity index (χ1v) is 5.94. The monoisotopic (exact) mass is 268 g/mol. The van der Waals surface area contributed by atoms with Crippen molar-refractivity contribution in [2.75, 3.05) is 5.73 Å². The van der Waals surface area contributed by atoms with Crippen LogP contribution in [0.1, 0.15) is 25.5 Å². The lowest BCUT2D eigenvalue weighted by Gasteiger charge is -2.11. The Balaban J connectivity index is 2.57. The summed E-state index contributed by atoms with van der Waals surface area (Å²) in [6.07, 6.45) is -2.71. The molecule has 0 saturated heterocycles. The number of nitrogen functional groups attached to an aromatic ring is 1. The van der Waals surface area contributed by atoms with Gasteiger partial charge in [0, 0.05) is 17.8 Å². The van der Waals surface area contributed by atoms with E-state index in [1.807, 2.05) is 13.8 Å². The summed E-state index contributed by atoms with van der Waals surface area (Å²) in [5.74, 6) is 0.460. The Kier molecular flexibility index (Phi) is 3.30. The van der Waals surface area contributed by atoms with E-state index < -0.39 is 11.7 Å². The van der Waals surface area contributed by atoms with E-state index in [0.717, 1.165) is 6.07 Å². The van der Waals surface area contributed by atoms with Gasteiger partial charge in [-0.05, 0) is 31.5 Å². The van der Waals surface area contributed by atoms with Crippen LogP contribution in [0.25, 0.3) is 11.1 Å². The summed E-state index contributed by atoms with van der Waals surface area (Å²) in [6.45, 7) is 3.85. The van der Waals surface area contributed by atoms with Crippen molar-refractivity contribution in [3.63, 3.8) is 0 Å². The molecule has 0 unspecified atom stereocenters. The highest BCUT2D eigenvalue weighted by Gasteiger charge is 2.33. The van der Waals surface area contributed by atoms with Gasteiger partial charge >= 0.3 is 6.18 Å². The molecule has 102 valence electrons. The van der Waals surface area contributed by atoms with E-state index in [2.05, 4.69) is 0 Å². The maximum Gasteiger partial charge on any atom is 0.417 e. The molecule has 1 aromatic carbocycles. The number of aromatic nitrogens is 1. The van der Waals surface area contributed by atoms with Crippen LogP contribution in [0.5, 0.6) is 0 Å². The van der Waals surface area contributed by atoms with Crippen molar-refractivity contribution in [2.24, 2.45) is 0 Å². The lowest BCUT2D eigenvalue weighted by Crippen LogP contribution is -2.06. The van der Waals surface area contributed by atoms with Crippen LogP contribution in [0.2, 0.25) is 0 Å². The molecule has 0 fully saturated rings. The van der Waals surface area contributed by atoms with Gasteiger partial charge in [0.05, 0.1) is 5.56 Å². The average Bonchev–Trinajstić information content (AvgIpc) is 2.70. The Morgan fingerprint density at radius 1 is 1.16 bits per heavy atom. The van der Waals surface area contributed by atoms with Crippen molar-refractivity contribution in [3.05, 3.63) is 42.1 Å². The minimum atomic E-state index is -4.37. The Bertz CT molecular complexity index is 583. The van der Waals surface area contributed by atoms with Gasteiger partial charge in [-0.1, -0.05) is 18.2 Å². The molecule has 0 atom stereocenters. The van der Waals surface area contributed by atoms with E-state index in [9.17, 15) is 13.2 Å². The first kappa shape index (κ1) is 13.5. The van der Waals surface area contributed by atoms with E-state index in [4.69, 9.17) is 5.73 Å². The zero-order chi connectivity index (χ0) is 14.2. The molecule has 0 aliphatic heterocycles. The third-order valence-corrected chi connectivity index (χ3v) is 2.98. The average molecular weight is 268 g/mol. The molecular weight excluding hydrogens is 253 g/mol. The molecule has 1 heterocycles. The maximum absolute atomic E-state index is 13.0. The standard InChI is InChI=1S/C14H15F3N2/c1-9(2)19-8-10(7-13(19)18)11-5-3-4-6-12(11)14(15,16)17/h3-9H,18H2,1-2H3. The third-order valence-electron chi connectivity index (χ3n) is 2.98. The highest BCUT2D eigenvalue weighted by molar-refractivity contribution is 5.70. The molecule has 0 bridgehead atoms. The molecule has 19 heavy (non-hydrogen) atoms. The van der Waals surface area contributed by atoms with Crippen molar-refractivity contribution in [2.45, 2.75) is 26.1 Å². The number of nitrogens with zero attached hydrogens (tertiary/aromatic N) is 1. The van der Waals surface area contributed by atoms with Gasteiger partial charge in [-0.25, -0.2) is 0 Å². The Morgan fingerprint density at radius 2 is 1.79 bits per heavy atom. The van der Waals surface area contributed by atoms with Crippen LogP contribution in [0.3, 0.4) is 0 Å². The summed E-state index contributed by atoms with van der Waals surface area (Å²) in [5.41, 5.74) is 5.82. The fourth-order valence-electron chi connectivity index (χ4n) is 2.07. The Morgan fingerprint density at radius 3 is 2.32 bits per heavy atom. The molecule has 0 aliphatic carbocycles. The second kappa shape index (κ2) is 4.64. The van der Waals surface area contributed by atoms with Crippen molar-refractivity contribution >= 4 is 5.82 Å². The lowest BCUT2D eigenvalue weighted by molar-refractivity contribution is -0.137. The highest BCUT2D eigenvalue weighted by atomic mass is 19.4.